The average molecular weight is 797 g/mol. The number of imide groups is 1. The number of sulfonamides is 1. The van der Waals surface area contributed by atoms with E-state index in [0.717, 1.165) is 60.5 Å². The van der Waals surface area contributed by atoms with Gasteiger partial charge in [0.05, 0.1) is 24.4 Å². The number of unbranched alkanes of at least 4 members (excludes halogenated alkanes) is 2. The van der Waals surface area contributed by atoms with Crippen LogP contribution in [0, 0.1) is 12.7 Å². The number of esters is 1. The van der Waals surface area contributed by atoms with Gasteiger partial charge in [0.2, 0.25) is 5.95 Å². The summed E-state index contributed by atoms with van der Waals surface area (Å²) >= 11 is 6.74. The van der Waals surface area contributed by atoms with Crippen molar-refractivity contribution in [2.24, 2.45) is 0 Å². The monoisotopic (exact) mass is 796 g/mol. The first-order chi connectivity index (χ1) is 25.2. The van der Waals surface area contributed by atoms with Crippen LogP contribution in [-0.2, 0) is 29.1 Å². The maximum absolute atomic E-state index is 14.5. The van der Waals surface area contributed by atoms with Crippen molar-refractivity contribution in [1.82, 2.24) is 19.7 Å². The number of aromatic carboxylic acids is 1. The zero-order valence-electron chi connectivity index (χ0n) is 28.6. The lowest BCUT2D eigenvalue weighted by Gasteiger charge is -2.18. The van der Waals surface area contributed by atoms with Gasteiger partial charge >= 0.3 is 24.0 Å². The number of aromatic nitrogens is 3. The fraction of sp³-hybridized carbons (Fsp3) is 0.375. The highest BCUT2D eigenvalue weighted by Crippen LogP contribution is 2.39. The van der Waals surface area contributed by atoms with Crippen molar-refractivity contribution in [3.05, 3.63) is 56.3 Å². The van der Waals surface area contributed by atoms with E-state index in [0.29, 0.717) is 30.6 Å². The number of nitrogens with one attached hydrogen (secondary N) is 2. The minimum absolute atomic E-state index is 0.000883. The average Bonchev–Trinajstić information content (AvgIpc) is 3.71. The molecule has 0 unspecified atom stereocenters. The molecule has 284 valence electrons. The Kier molecular flexibility index (Phi) is 13.8. The molecule has 4 amide bonds. The Hall–Kier alpha value is -5.21. The Morgan fingerprint density at radius 3 is 2.38 bits per heavy atom. The number of ether oxygens (including phenoxy) is 3. The number of carboxylic acids is 1. The summed E-state index contributed by atoms with van der Waals surface area (Å²) in [5.74, 6) is -3.80. The van der Waals surface area contributed by atoms with Gasteiger partial charge in [0, 0.05) is 17.2 Å². The fourth-order valence-electron chi connectivity index (χ4n) is 5.05. The van der Waals surface area contributed by atoms with E-state index in [9.17, 15) is 36.8 Å². The van der Waals surface area contributed by atoms with Crippen LogP contribution in [-0.4, -0.2) is 78.6 Å². The molecule has 3 heterocycles. The first-order valence-electron chi connectivity index (χ1n) is 16.0. The first-order valence-corrected chi connectivity index (χ1v) is 18.7. The second-order valence-electron chi connectivity index (χ2n) is 11.2. The fourth-order valence-corrected chi connectivity index (χ4v) is 7.42. The minimum Gasteiger partial charge on any atom is -0.480 e. The Balaban J connectivity index is 0.000000241. The van der Waals surface area contributed by atoms with Gasteiger partial charge in [-0.1, -0.05) is 31.4 Å². The van der Waals surface area contributed by atoms with Crippen LogP contribution in [0.5, 0.6) is 11.8 Å². The molecule has 0 saturated carbocycles. The Labute approximate surface area is 311 Å². The number of carbonyl (C=O) groups is 5. The van der Waals surface area contributed by atoms with E-state index in [4.69, 9.17) is 30.9 Å². The number of anilines is 2. The number of hydrogen-bond acceptors (Lipinski definition) is 14. The molecule has 0 spiro atoms. The lowest BCUT2D eigenvalue weighted by molar-refractivity contribution is -0.146. The number of nitrogens with zero attached hydrogens (tertiary/aromatic N) is 4. The molecule has 0 bridgehead atoms. The molecular weight excluding hydrogens is 763 g/mol. The summed E-state index contributed by atoms with van der Waals surface area (Å²) in [5, 5.41) is 12.3. The highest BCUT2D eigenvalue weighted by atomic mass is 35.5. The molecule has 1 aliphatic heterocycles. The summed E-state index contributed by atoms with van der Waals surface area (Å²) in [6.45, 7) is 3.45. The van der Waals surface area contributed by atoms with Crippen LogP contribution in [0.1, 0.15) is 67.4 Å². The Morgan fingerprint density at radius 2 is 1.75 bits per heavy atom. The molecule has 0 atom stereocenters. The van der Waals surface area contributed by atoms with Gasteiger partial charge in [-0.05, 0) is 56.5 Å². The number of urea groups is 1. The molecule has 3 aromatic rings. The van der Waals surface area contributed by atoms with E-state index in [1.165, 1.54) is 25.5 Å². The van der Waals surface area contributed by atoms with E-state index in [-0.39, 0.29) is 34.2 Å². The Bertz CT molecular complexity index is 2030. The normalized spacial score (nSPS) is 13.9. The summed E-state index contributed by atoms with van der Waals surface area (Å²) in [6, 6.07) is 2.00. The molecule has 21 heteroatoms. The van der Waals surface area contributed by atoms with Crippen molar-refractivity contribution < 1.29 is 56.1 Å². The van der Waals surface area contributed by atoms with Gasteiger partial charge in [-0.25, -0.2) is 36.8 Å². The third kappa shape index (κ3) is 10.2. The van der Waals surface area contributed by atoms with Crippen LogP contribution in [0.3, 0.4) is 0 Å². The number of carboxylic acid groups (broad SMARTS) is 1. The molecule has 53 heavy (non-hydrogen) atoms. The number of benzene rings is 1. The molecule has 1 aliphatic carbocycles. The third-order valence-corrected chi connectivity index (χ3v) is 10.2. The summed E-state index contributed by atoms with van der Waals surface area (Å²) in [7, 11) is -3.06. The van der Waals surface area contributed by atoms with Gasteiger partial charge < -0.3 is 19.3 Å². The third-order valence-electron chi connectivity index (χ3n) is 7.46. The van der Waals surface area contributed by atoms with E-state index in [1.54, 1.807) is 4.72 Å². The molecule has 0 saturated heterocycles. The predicted molar refractivity (Wildman–Crippen MR) is 187 cm³/mol. The van der Waals surface area contributed by atoms with Crippen molar-refractivity contribution in [2.75, 3.05) is 30.5 Å². The number of aryl methyl sites for hydroxylation is 1. The molecule has 3 N–H and O–H groups in total. The Morgan fingerprint density at radius 1 is 1.08 bits per heavy atom. The van der Waals surface area contributed by atoms with E-state index < -0.39 is 62.0 Å². The molecule has 0 radical (unpaired) electrons. The molecule has 2 aliphatic rings. The summed E-state index contributed by atoms with van der Waals surface area (Å²) in [4.78, 5) is 71.2. The van der Waals surface area contributed by atoms with Gasteiger partial charge in [0.15, 0.2) is 6.61 Å². The molecular formula is C32H34ClFN6O11S2. The van der Waals surface area contributed by atoms with Crippen LogP contribution in [0.25, 0.3) is 0 Å². The maximum Gasteiger partial charge on any atom is 0.347 e. The van der Waals surface area contributed by atoms with Crippen molar-refractivity contribution in [3.63, 3.8) is 0 Å². The van der Waals surface area contributed by atoms with E-state index in [2.05, 4.69) is 20.3 Å². The SMILES string of the molecule is CCCCCOC(=O)COc1cc(N2C(=O)C3=C(CCCC3)C2=O)c(F)cc1Cl.COc1nc(C)nc(NC(=O)NS(=O)(=O)c2ccsc2C(=O)O)n1. The topological polar surface area (TPSA) is 233 Å². The first kappa shape index (κ1) is 40.6. The maximum atomic E-state index is 14.5. The highest BCUT2D eigenvalue weighted by Gasteiger charge is 2.41. The second-order valence-corrected chi connectivity index (χ2v) is 14.2. The molecule has 0 fully saturated rings. The molecule has 17 nitrogen and oxygen atoms in total. The smallest absolute Gasteiger partial charge is 0.347 e. The second kappa shape index (κ2) is 18.0. The zero-order valence-corrected chi connectivity index (χ0v) is 31.0. The molecule has 2 aromatic heterocycles. The van der Waals surface area contributed by atoms with Gasteiger partial charge in [0.1, 0.15) is 27.2 Å². The van der Waals surface area contributed by atoms with Crippen LogP contribution in [0.15, 0.2) is 39.6 Å². The van der Waals surface area contributed by atoms with Crippen molar-refractivity contribution in [2.45, 2.75) is 63.7 Å². The molecule has 1 aromatic carbocycles. The van der Waals surface area contributed by atoms with Crippen molar-refractivity contribution in [3.8, 4) is 11.8 Å². The van der Waals surface area contributed by atoms with Gasteiger partial charge in [-0.3, -0.25) is 14.9 Å². The number of amides is 4. The predicted octanol–water partition coefficient (Wildman–Crippen LogP) is 4.79. The van der Waals surface area contributed by atoms with Gasteiger partial charge in [-0.15, -0.1) is 11.3 Å². The van der Waals surface area contributed by atoms with Crippen molar-refractivity contribution in [1.29, 1.82) is 0 Å². The van der Waals surface area contributed by atoms with Crippen LogP contribution >= 0.6 is 22.9 Å². The lowest BCUT2D eigenvalue weighted by atomic mass is 9.93. The van der Waals surface area contributed by atoms with Gasteiger partial charge in [0.25, 0.3) is 21.8 Å². The summed E-state index contributed by atoms with van der Waals surface area (Å²) in [5.41, 5.74) is 0.674. The van der Waals surface area contributed by atoms with Gasteiger partial charge in [-0.2, -0.15) is 15.0 Å². The zero-order chi connectivity index (χ0) is 38.9. The minimum atomic E-state index is -4.37. The lowest BCUT2D eigenvalue weighted by Crippen LogP contribution is -2.35. The van der Waals surface area contributed by atoms with E-state index >= 15 is 0 Å². The number of carbonyl (C=O) groups excluding carboxylic acids is 4. The quantitative estimate of drug-likeness (QED) is 0.120. The van der Waals surface area contributed by atoms with Crippen LogP contribution < -0.4 is 24.4 Å². The number of thiophene rings is 1. The largest absolute Gasteiger partial charge is 0.480 e. The summed E-state index contributed by atoms with van der Waals surface area (Å²) < 4.78 is 55.7. The van der Waals surface area contributed by atoms with E-state index in [1.807, 2.05) is 6.92 Å². The molecule has 5 rings (SSSR count). The van der Waals surface area contributed by atoms with Crippen LogP contribution in [0.2, 0.25) is 5.02 Å². The number of rotatable bonds is 13. The standard InChI is InChI=1S/C21H23ClFNO5.C11H11N5O6S2/c1-2-3-6-9-28-19(25)12-29-18-11-17(16(23)10-15(18)22)24-20(26)13-7-4-5-8-14(13)21(24)27;1-5-12-9(15-11(13-5)22-2)14-10(19)16-24(20,21)6-3-4-23-7(6)8(17)18/h10-11H,2-9,12H2,1H3;3-4H,1-2H3,(H,17,18)(H2,12,13,14,15,16,19). The summed E-state index contributed by atoms with van der Waals surface area (Å²) in [6.07, 6.45) is 5.40. The number of hydrogen-bond donors (Lipinski definition) is 3. The number of methoxy groups -OCH3 is 1. The highest BCUT2D eigenvalue weighted by molar-refractivity contribution is 7.90. The van der Waals surface area contributed by atoms with Crippen molar-refractivity contribution >= 4 is 74.4 Å². The number of halogens is 2. The van der Waals surface area contributed by atoms with Crippen LogP contribution in [0.4, 0.5) is 20.8 Å².